The molecule has 2 aromatic heterocycles. The van der Waals surface area contributed by atoms with Gasteiger partial charge in [-0.15, -0.1) is 0 Å². The van der Waals surface area contributed by atoms with E-state index in [2.05, 4.69) is 10.3 Å². The molecule has 3 rings (SSSR count). The number of hydrogen-bond acceptors (Lipinski definition) is 5. The van der Waals surface area contributed by atoms with Crippen molar-refractivity contribution in [3.05, 3.63) is 52.9 Å². The highest BCUT2D eigenvalue weighted by atomic mass is 35.5. The van der Waals surface area contributed by atoms with Gasteiger partial charge in [-0.1, -0.05) is 18.5 Å². The van der Waals surface area contributed by atoms with Gasteiger partial charge in [0.1, 0.15) is 17.1 Å². The van der Waals surface area contributed by atoms with E-state index in [-0.39, 0.29) is 27.8 Å². The number of fused-ring (bicyclic) bond motifs is 1. The van der Waals surface area contributed by atoms with Crippen LogP contribution in [0.1, 0.15) is 23.1 Å². The average molecular weight is 394 g/mol. The first-order valence-corrected chi connectivity index (χ1v) is 9.77. The maximum atomic E-state index is 12.7. The highest BCUT2D eigenvalue weighted by molar-refractivity contribution is 7.91. The molecule has 0 saturated carbocycles. The van der Waals surface area contributed by atoms with E-state index in [4.69, 9.17) is 11.6 Å². The summed E-state index contributed by atoms with van der Waals surface area (Å²) in [6.07, 6.45) is 1.62. The van der Waals surface area contributed by atoms with E-state index >= 15 is 0 Å². The van der Waals surface area contributed by atoms with Crippen molar-refractivity contribution < 1.29 is 18.3 Å². The van der Waals surface area contributed by atoms with Gasteiger partial charge in [0, 0.05) is 17.3 Å². The minimum Gasteiger partial charge on any atom is -0.506 e. The summed E-state index contributed by atoms with van der Waals surface area (Å²) in [7, 11) is -3.47. The van der Waals surface area contributed by atoms with Crippen molar-refractivity contribution >= 4 is 38.7 Å². The Morgan fingerprint density at radius 3 is 2.73 bits per heavy atom. The van der Waals surface area contributed by atoms with Gasteiger partial charge >= 0.3 is 0 Å². The first-order valence-electron chi connectivity index (χ1n) is 7.74. The largest absolute Gasteiger partial charge is 0.506 e. The van der Waals surface area contributed by atoms with Crippen LogP contribution < -0.4 is 5.32 Å². The van der Waals surface area contributed by atoms with Crippen LogP contribution in [0.3, 0.4) is 0 Å². The van der Waals surface area contributed by atoms with Crippen molar-refractivity contribution in [2.75, 3.05) is 11.1 Å². The van der Waals surface area contributed by atoms with Crippen molar-refractivity contribution in [3.63, 3.8) is 0 Å². The number of halogens is 1. The number of imidazole rings is 1. The number of phenols is 1. The van der Waals surface area contributed by atoms with E-state index in [1.165, 1.54) is 25.1 Å². The van der Waals surface area contributed by atoms with Crippen molar-refractivity contribution in [3.8, 4) is 5.75 Å². The van der Waals surface area contributed by atoms with E-state index in [9.17, 15) is 18.3 Å². The zero-order valence-corrected chi connectivity index (χ0v) is 15.6. The zero-order chi connectivity index (χ0) is 19.1. The Morgan fingerprint density at radius 1 is 1.31 bits per heavy atom. The molecule has 0 unspecified atom stereocenters. The first kappa shape index (κ1) is 18.2. The lowest BCUT2D eigenvalue weighted by molar-refractivity contribution is 0.102. The van der Waals surface area contributed by atoms with Crippen LogP contribution in [-0.4, -0.2) is 34.6 Å². The van der Waals surface area contributed by atoms with Crippen molar-refractivity contribution in [2.45, 2.75) is 18.7 Å². The number of anilines is 1. The summed E-state index contributed by atoms with van der Waals surface area (Å²) in [5.41, 5.74) is 1.25. The lowest BCUT2D eigenvalue weighted by Gasteiger charge is -2.10. The molecule has 0 spiro atoms. The van der Waals surface area contributed by atoms with Crippen LogP contribution in [0.4, 0.5) is 5.69 Å². The smallest absolute Gasteiger partial charge is 0.274 e. The second kappa shape index (κ2) is 6.62. The van der Waals surface area contributed by atoms with Gasteiger partial charge in [0.05, 0.1) is 22.0 Å². The maximum absolute atomic E-state index is 12.7. The number of sulfone groups is 1. The first-order chi connectivity index (χ1) is 12.2. The number of nitrogens with one attached hydrogen (secondary N) is 1. The summed E-state index contributed by atoms with van der Waals surface area (Å²) in [6, 6.07) is 7.02. The van der Waals surface area contributed by atoms with E-state index in [0.717, 1.165) is 0 Å². The van der Waals surface area contributed by atoms with Gasteiger partial charge in [0.2, 0.25) is 0 Å². The fourth-order valence-corrected chi connectivity index (χ4v) is 3.63. The van der Waals surface area contributed by atoms with Crippen LogP contribution in [0.15, 0.2) is 41.4 Å². The predicted molar refractivity (Wildman–Crippen MR) is 98.7 cm³/mol. The molecule has 26 heavy (non-hydrogen) atoms. The number of aryl methyl sites for hydroxylation is 1. The van der Waals surface area contributed by atoms with Crippen molar-refractivity contribution in [2.24, 2.45) is 0 Å². The summed E-state index contributed by atoms with van der Waals surface area (Å²) in [4.78, 5) is 17.0. The minimum absolute atomic E-state index is 0.00726. The number of aromatic nitrogens is 2. The molecule has 1 aromatic carbocycles. The van der Waals surface area contributed by atoms with Crippen LogP contribution in [0.5, 0.6) is 5.75 Å². The molecule has 0 saturated heterocycles. The molecule has 0 bridgehead atoms. The number of pyridine rings is 1. The van der Waals surface area contributed by atoms with E-state index < -0.39 is 15.7 Å². The van der Waals surface area contributed by atoms with Gasteiger partial charge in [0.25, 0.3) is 5.91 Å². The zero-order valence-electron chi connectivity index (χ0n) is 14.0. The van der Waals surface area contributed by atoms with Crippen molar-refractivity contribution in [1.29, 1.82) is 0 Å². The Morgan fingerprint density at radius 2 is 2.04 bits per heavy atom. The Labute approximate surface area is 155 Å². The van der Waals surface area contributed by atoms with Gasteiger partial charge < -0.3 is 10.4 Å². The fraction of sp³-hybridized carbons (Fsp3) is 0.176. The SMILES string of the molecule is CCS(=O)(=O)c1ccc(O)c(NC(=O)c2c(C)nc3cc(Cl)ccn23)c1. The van der Waals surface area contributed by atoms with Gasteiger partial charge in [-0.2, -0.15) is 0 Å². The number of carbonyl (C=O) groups excluding carboxylic acids is 1. The fourth-order valence-electron chi connectivity index (χ4n) is 2.57. The molecule has 136 valence electrons. The van der Waals surface area contributed by atoms with E-state index in [0.29, 0.717) is 16.4 Å². The highest BCUT2D eigenvalue weighted by Crippen LogP contribution is 2.28. The van der Waals surface area contributed by atoms with Gasteiger partial charge in [-0.3, -0.25) is 9.20 Å². The summed E-state index contributed by atoms with van der Waals surface area (Å²) >= 11 is 5.94. The van der Waals surface area contributed by atoms with Crippen LogP contribution in [0.25, 0.3) is 5.65 Å². The predicted octanol–water partition coefficient (Wildman–Crippen LogP) is 3.05. The third-order valence-corrected chi connectivity index (χ3v) is 5.90. The second-order valence-corrected chi connectivity index (χ2v) is 8.37. The second-order valence-electron chi connectivity index (χ2n) is 5.66. The van der Waals surface area contributed by atoms with E-state index in [1.807, 2.05) is 0 Å². The Balaban J connectivity index is 2.01. The van der Waals surface area contributed by atoms with E-state index in [1.54, 1.807) is 29.7 Å². The van der Waals surface area contributed by atoms with Crippen molar-refractivity contribution in [1.82, 2.24) is 9.38 Å². The Kier molecular flexibility index (Phi) is 4.64. The van der Waals surface area contributed by atoms with Crippen LogP contribution >= 0.6 is 11.6 Å². The summed E-state index contributed by atoms with van der Waals surface area (Å²) in [5, 5.41) is 13.0. The molecule has 2 N–H and O–H groups in total. The third-order valence-electron chi connectivity index (χ3n) is 3.93. The molecule has 0 atom stereocenters. The summed E-state index contributed by atoms with van der Waals surface area (Å²) < 4.78 is 25.6. The molecular weight excluding hydrogens is 378 g/mol. The lowest BCUT2D eigenvalue weighted by atomic mass is 10.2. The molecule has 1 amide bonds. The number of phenolic OH excluding ortho intramolecular Hbond substituents is 1. The molecule has 0 aliphatic rings. The van der Waals surface area contributed by atoms with Crippen LogP contribution in [-0.2, 0) is 9.84 Å². The number of amides is 1. The number of rotatable bonds is 4. The molecule has 0 radical (unpaired) electrons. The van der Waals surface area contributed by atoms with Gasteiger partial charge in [0.15, 0.2) is 9.84 Å². The molecule has 3 aromatic rings. The summed E-state index contributed by atoms with van der Waals surface area (Å²) in [5.74, 6) is -0.847. The molecule has 9 heteroatoms. The average Bonchev–Trinajstić information content (AvgIpc) is 2.91. The summed E-state index contributed by atoms with van der Waals surface area (Å²) in [6.45, 7) is 3.20. The van der Waals surface area contributed by atoms with Gasteiger partial charge in [-0.25, -0.2) is 13.4 Å². The lowest BCUT2D eigenvalue weighted by Crippen LogP contribution is -2.16. The quantitative estimate of drug-likeness (QED) is 0.663. The molecule has 0 fully saturated rings. The Bertz CT molecular complexity index is 1120. The highest BCUT2D eigenvalue weighted by Gasteiger charge is 2.20. The van der Waals surface area contributed by atoms with Crippen LogP contribution in [0, 0.1) is 6.92 Å². The Hall–Kier alpha value is -2.58. The normalized spacial score (nSPS) is 11.7. The molecular formula is C17H16ClN3O4S. The number of nitrogens with zero attached hydrogens (tertiary/aromatic N) is 2. The number of aromatic hydroxyl groups is 1. The molecule has 0 aliphatic carbocycles. The molecule has 2 heterocycles. The number of hydrogen-bond donors (Lipinski definition) is 2. The maximum Gasteiger partial charge on any atom is 0.274 e. The standard InChI is InChI=1S/C17H16ClN3O4S/c1-3-26(24,25)12-4-5-14(22)13(9-12)20-17(23)16-10(2)19-15-8-11(18)6-7-21(15)16/h4-9,22H,3H2,1-2H3,(H,20,23). The molecule has 0 aliphatic heterocycles. The minimum atomic E-state index is -3.47. The number of carbonyl (C=O) groups is 1. The molecule has 7 nitrogen and oxygen atoms in total. The third kappa shape index (κ3) is 3.25. The van der Waals surface area contributed by atoms with Crippen LogP contribution in [0.2, 0.25) is 5.02 Å². The topological polar surface area (TPSA) is 101 Å². The number of benzene rings is 1. The monoisotopic (exact) mass is 393 g/mol. The van der Waals surface area contributed by atoms with Gasteiger partial charge in [-0.05, 0) is 31.2 Å².